The minimum Gasteiger partial charge on any atom is -0.348 e. The van der Waals surface area contributed by atoms with Crippen LogP contribution in [0.2, 0.25) is 0 Å². The second kappa shape index (κ2) is 3.30. The van der Waals surface area contributed by atoms with Gasteiger partial charge < -0.3 is 4.98 Å². The highest BCUT2D eigenvalue weighted by atomic mass is 16.1. The van der Waals surface area contributed by atoms with Crippen LogP contribution in [-0.2, 0) is 11.2 Å². The fourth-order valence-electron chi connectivity index (χ4n) is 1.73. The minimum absolute atomic E-state index is 0.0560. The van der Waals surface area contributed by atoms with Crippen LogP contribution in [0.3, 0.4) is 0 Å². The maximum Gasteiger partial charge on any atom is 0.151 e. The number of aromatic amines is 1. The molecular weight excluding hydrogens is 166 g/mol. The summed E-state index contributed by atoms with van der Waals surface area (Å²) in [4.78, 5) is 20.5. The summed E-state index contributed by atoms with van der Waals surface area (Å²) in [6.07, 6.45) is 4.87. The third-order valence-corrected chi connectivity index (χ3v) is 2.58. The highest BCUT2D eigenvalue weighted by Crippen LogP contribution is 2.14. The first-order valence-electron chi connectivity index (χ1n) is 4.47. The third-order valence-electron chi connectivity index (χ3n) is 2.58. The Morgan fingerprint density at radius 3 is 3.15 bits per heavy atom. The molecule has 1 N–H and O–H groups in total. The van der Waals surface area contributed by atoms with Gasteiger partial charge in [0.2, 0.25) is 0 Å². The number of rotatable bonds is 2. The molecular formula is C9H13N3O. The summed E-state index contributed by atoms with van der Waals surface area (Å²) in [5, 5.41) is 0. The van der Waals surface area contributed by atoms with Crippen molar-refractivity contribution in [2.45, 2.75) is 18.9 Å². The van der Waals surface area contributed by atoms with Gasteiger partial charge >= 0.3 is 0 Å². The van der Waals surface area contributed by atoms with E-state index in [1.807, 2.05) is 7.05 Å². The SMILES string of the molecule is CN1CCC(=O)[C@@H]1Cc1cnc[nH]1. The van der Waals surface area contributed by atoms with Gasteiger partial charge in [0.05, 0.1) is 12.4 Å². The van der Waals surface area contributed by atoms with Crippen molar-refractivity contribution in [2.75, 3.05) is 13.6 Å². The maximum atomic E-state index is 11.4. The quantitative estimate of drug-likeness (QED) is 0.706. The van der Waals surface area contributed by atoms with E-state index in [0.29, 0.717) is 12.2 Å². The number of hydrogen-bond acceptors (Lipinski definition) is 3. The van der Waals surface area contributed by atoms with E-state index in [0.717, 1.165) is 18.7 Å². The summed E-state index contributed by atoms with van der Waals surface area (Å²) in [5.41, 5.74) is 1.03. The predicted octanol–water partition coefficient (Wildman–Crippen LogP) is 0.225. The summed E-state index contributed by atoms with van der Waals surface area (Å²) in [5.74, 6) is 0.345. The van der Waals surface area contributed by atoms with Crippen molar-refractivity contribution >= 4 is 5.78 Å². The molecule has 1 fully saturated rings. The van der Waals surface area contributed by atoms with E-state index in [9.17, 15) is 4.79 Å². The van der Waals surface area contributed by atoms with Crippen molar-refractivity contribution in [3.63, 3.8) is 0 Å². The molecule has 0 spiro atoms. The molecule has 1 atom stereocenters. The fourth-order valence-corrected chi connectivity index (χ4v) is 1.73. The van der Waals surface area contributed by atoms with Gasteiger partial charge in [-0.15, -0.1) is 0 Å². The van der Waals surface area contributed by atoms with E-state index in [2.05, 4.69) is 14.9 Å². The van der Waals surface area contributed by atoms with Gasteiger partial charge in [0, 0.05) is 31.3 Å². The zero-order chi connectivity index (χ0) is 9.26. The van der Waals surface area contributed by atoms with E-state index >= 15 is 0 Å². The van der Waals surface area contributed by atoms with Crippen molar-refractivity contribution in [3.8, 4) is 0 Å². The Bertz CT molecular complexity index is 294. The standard InChI is InChI=1S/C9H13N3O/c1-12-3-2-9(13)8(12)4-7-5-10-6-11-7/h5-6,8H,2-4H2,1H3,(H,10,11)/t8-/m0/s1. The lowest BCUT2D eigenvalue weighted by molar-refractivity contribution is -0.119. The molecule has 0 saturated carbocycles. The normalized spacial score (nSPS) is 24.1. The van der Waals surface area contributed by atoms with E-state index in [4.69, 9.17) is 0 Å². The van der Waals surface area contributed by atoms with Crippen molar-refractivity contribution < 1.29 is 4.79 Å². The van der Waals surface area contributed by atoms with Gasteiger partial charge in [-0.05, 0) is 7.05 Å². The van der Waals surface area contributed by atoms with E-state index < -0.39 is 0 Å². The van der Waals surface area contributed by atoms with Crippen molar-refractivity contribution in [3.05, 3.63) is 18.2 Å². The number of Topliss-reactive ketones (excluding diaryl/α,β-unsaturated/α-hetero) is 1. The van der Waals surface area contributed by atoms with Gasteiger partial charge in [0.25, 0.3) is 0 Å². The number of nitrogens with zero attached hydrogens (tertiary/aromatic N) is 2. The molecule has 2 heterocycles. The molecule has 0 amide bonds. The summed E-state index contributed by atoms with van der Waals surface area (Å²) in [6, 6.07) is 0.0560. The van der Waals surface area contributed by atoms with Crippen LogP contribution in [0.4, 0.5) is 0 Å². The highest BCUT2D eigenvalue weighted by molar-refractivity contribution is 5.86. The summed E-state index contributed by atoms with van der Waals surface area (Å²) >= 11 is 0. The Kier molecular flexibility index (Phi) is 2.14. The van der Waals surface area contributed by atoms with E-state index in [1.165, 1.54) is 0 Å². The van der Waals surface area contributed by atoms with Crippen molar-refractivity contribution in [1.82, 2.24) is 14.9 Å². The first kappa shape index (κ1) is 8.44. The van der Waals surface area contributed by atoms with Gasteiger partial charge in [-0.1, -0.05) is 0 Å². The fraction of sp³-hybridized carbons (Fsp3) is 0.556. The summed E-state index contributed by atoms with van der Waals surface area (Å²) < 4.78 is 0. The number of carbonyl (C=O) groups excluding carboxylic acids is 1. The zero-order valence-electron chi connectivity index (χ0n) is 7.66. The molecule has 0 bridgehead atoms. The van der Waals surface area contributed by atoms with Crippen LogP contribution < -0.4 is 0 Å². The number of nitrogens with one attached hydrogen (secondary N) is 1. The predicted molar refractivity (Wildman–Crippen MR) is 48.3 cm³/mol. The Morgan fingerprint density at radius 2 is 2.62 bits per heavy atom. The molecule has 1 saturated heterocycles. The van der Waals surface area contributed by atoms with E-state index in [1.54, 1.807) is 12.5 Å². The lowest BCUT2D eigenvalue weighted by Crippen LogP contribution is -2.31. The molecule has 1 aromatic rings. The van der Waals surface area contributed by atoms with Crippen molar-refractivity contribution in [1.29, 1.82) is 0 Å². The molecule has 0 aromatic carbocycles. The second-order valence-electron chi connectivity index (χ2n) is 3.49. The average molecular weight is 179 g/mol. The van der Waals surface area contributed by atoms with Crippen LogP contribution in [0.25, 0.3) is 0 Å². The van der Waals surface area contributed by atoms with Gasteiger partial charge in [-0.25, -0.2) is 4.98 Å². The molecule has 1 aliphatic heterocycles. The molecule has 4 heteroatoms. The number of imidazole rings is 1. The lowest BCUT2D eigenvalue weighted by atomic mass is 10.1. The summed E-state index contributed by atoms with van der Waals surface area (Å²) in [6.45, 7) is 0.887. The number of ketones is 1. The number of hydrogen-bond donors (Lipinski definition) is 1. The molecule has 4 nitrogen and oxygen atoms in total. The van der Waals surface area contributed by atoms with Gasteiger partial charge in [0.15, 0.2) is 5.78 Å². The van der Waals surface area contributed by atoms with Crippen LogP contribution in [0.1, 0.15) is 12.1 Å². The smallest absolute Gasteiger partial charge is 0.151 e. The molecule has 70 valence electrons. The van der Waals surface area contributed by atoms with Crippen molar-refractivity contribution in [2.24, 2.45) is 0 Å². The van der Waals surface area contributed by atoms with Crippen LogP contribution in [0.5, 0.6) is 0 Å². The molecule has 0 unspecified atom stereocenters. The molecule has 1 aliphatic rings. The van der Waals surface area contributed by atoms with Crippen LogP contribution in [0, 0.1) is 0 Å². The average Bonchev–Trinajstić information content (AvgIpc) is 2.70. The largest absolute Gasteiger partial charge is 0.348 e. The van der Waals surface area contributed by atoms with Gasteiger partial charge in [-0.2, -0.15) is 0 Å². The lowest BCUT2D eigenvalue weighted by Gasteiger charge is -2.16. The van der Waals surface area contributed by atoms with Crippen LogP contribution >= 0.6 is 0 Å². The van der Waals surface area contributed by atoms with E-state index in [-0.39, 0.29) is 6.04 Å². The number of aromatic nitrogens is 2. The van der Waals surface area contributed by atoms with Gasteiger partial charge in [-0.3, -0.25) is 9.69 Å². The van der Waals surface area contributed by atoms with Crippen LogP contribution in [-0.4, -0.2) is 40.3 Å². The number of carbonyl (C=O) groups is 1. The molecule has 2 rings (SSSR count). The summed E-state index contributed by atoms with van der Waals surface area (Å²) in [7, 11) is 1.99. The Labute approximate surface area is 77.0 Å². The molecule has 0 aliphatic carbocycles. The Balaban J connectivity index is 2.05. The van der Waals surface area contributed by atoms with Crippen LogP contribution in [0.15, 0.2) is 12.5 Å². The topological polar surface area (TPSA) is 49.0 Å². The molecule has 1 aromatic heterocycles. The Morgan fingerprint density at radius 1 is 1.77 bits per heavy atom. The Hall–Kier alpha value is -1.16. The zero-order valence-corrected chi connectivity index (χ0v) is 7.66. The second-order valence-corrected chi connectivity index (χ2v) is 3.49. The number of likely N-dealkylation sites (tertiary alicyclic amines) is 1. The van der Waals surface area contributed by atoms with Gasteiger partial charge in [0.1, 0.15) is 0 Å². The molecule has 0 radical (unpaired) electrons. The first-order valence-corrected chi connectivity index (χ1v) is 4.47. The number of H-pyrrole nitrogens is 1. The first-order chi connectivity index (χ1) is 6.27. The maximum absolute atomic E-state index is 11.4. The minimum atomic E-state index is 0.0560. The highest BCUT2D eigenvalue weighted by Gasteiger charge is 2.29. The third kappa shape index (κ3) is 1.62. The molecule has 13 heavy (non-hydrogen) atoms. The monoisotopic (exact) mass is 179 g/mol. The number of likely N-dealkylation sites (N-methyl/N-ethyl adjacent to an activating group) is 1.